The summed E-state index contributed by atoms with van der Waals surface area (Å²) in [6.45, 7) is 2.80. The minimum absolute atomic E-state index is 0.281. The van der Waals surface area contributed by atoms with Crippen molar-refractivity contribution in [2.75, 3.05) is 7.11 Å². The Morgan fingerprint density at radius 1 is 1.13 bits per heavy atom. The Morgan fingerprint density at radius 3 is 2.63 bits per heavy atom. The van der Waals surface area contributed by atoms with E-state index in [0.717, 1.165) is 34.5 Å². The fourth-order valence-corrected chi connectivity index (χ4v) is 3.47. The summed E-state index contributed by atoms with van der Waals surface area (Å²) in [6, 6.07) is 19.6. The first-order valence-corrected chi connectivity index (χ1v) is 9.61. The van der Waals surface area contributed by atoms with E-state index in [4.69, 9.17) is 4.74 Å². The van der Waals surface area contributed by atoms with Gasteiger partial charge >= 0.3 is 0 Å². The molecule has 1 amide bonds. The molecule has 6 heteroatoms. The Balaban J connectivity index is 1.69. The van der Waals surface area contributed by atoms with Crippen molar-refractivity contribution in [2.45, 2.75) is 13.5 Å². The maximum absolute atomic E-state index is 12.3. The minimum Gasteiger partial charge on any atom is -0.497 e. The SMILES string of the molecule is COc1ccc2c(c1)c(/C=N\NC(=O)c1ccncc1)c(C)n2Cc1ccccc1. The molecule has 150 valence electrons. The summed E-state index contributed by atoms with van der Waals surface area (Å²) in [5.41, 5.74) is 7.39. The molecular weight excluding hydrogens is 376 g/mol. The maximum Gasteiger partial charge on any atom is 0.271 e. The Hall–Kier alpha value is -3.93. The highest BCUT2D eigenvalue weighted by molar-refractivity contribution is 6.02. The first kappa shape index (κ1) is 19.4. The molecule has 0 aliphatic carbocycles. The number of benzene rings is 2. The van der Waals surface area contributed by atoms with E-state index in [-0.39, 0.29) is 5.91 Å². The molecule has 2 heterocycles. The zero-order valence-corrected chi connectivity index (χ0v) is 16.9. The van der Waals surface area contributed by atoms with Crippen molar-refractivity contribution in [1.29, 1.82) is 0 Å². The molecule has 0 unspecified atom stereocenters. The maximum atomic E-state index is 12.3. The van der Waals surface area contributed by atoms with Crippen LogP contribution in [0.4, 0.5) is 0 Å². The van der Waals surface area contributed by atoms with Crippen molar-refractivity contribution < 1.29 is 9.53 Å². The molecule has 0 saturated carbocycles. The van der Waals surface area contributed by atoms with Crippen LogP contribution in [0.1, 0.15) is 27.2 Å². The molecule has 0 aliphatic heterocycles. The van der Waals surface area contributed by atoms with Crippen LogP contribution in [0.2, 0.25) is 0 Å². The van der Waals surface area contributed by atoms with Gasteiger partial charge in [0.1, 0.15) is 5.75 Å². The van der Waals surface area contributed by atoms with Crippen molar-refractivity contribution in [3.8, 4) is 5.75 Å². The largest absolute Gasteiger partial charge is 0.497 e. The number of hydrogen-bond acceptors (Lipinski definition) is 4. The van der Waals surface area contributed by atoms with E-state index in [9.17, 15) is 4.79 Å². The van der Waals surface area contributed by atoms with Gasteiger partial charge in [0.2, 0.25) is 0 Å². The Kier molecular flexibility index (Phi) is 5.57. The van der Waals surface area contributed by atoms with E-state index in [0.29, 0.717) is 5.56 Å². The zero-order chi connectivity index (χ0) is 20.9. The summed E-state index contributed by atoms with van der Waals surface area (Å²) in [7, 11) is 1.65. The summed E-state index contributed by atoms with van der Waals surface area (Å²) in [4.78, 5) is 16.2. The second-order valence-electron chi connectivity index (χ2n) is 6.89. The Labute approximate surface area is 174 Å². The van der Waals surface area contributed by atoms with E-state index in [1.165, 1.54) is 5.56 Å². The molecule has 0 aliphatic rings. The second-order valence-corrected chi connectivity index (χ2v) is 6.89. The normalized spacial score (nSPS) is 11.1. The molecule has 0 saturated heterocycles. The first-order valence-electron chi connectivity index (χ1n) is 9.61. The molecule has 2 aromatic carbocycles. The molecule has 0 spiro atoms. The zero-order valence-electron chi connectivity index (χ0n) is 16.9. The number of hydrazone groups is 1. The summed E-state index contributed by atoms with van der Waals surface area (Å²) in [6.07, 6.45) is 4.84. The smallest absolute Gasteiger partial charge is 0.271 e. The number of hydrogen-bond donors (Lipinski definition) is 1. The molecule has 4 rings (SSSR count). The molecule has 0 bridgehead atoms. The predicted octanol–water partition coefficient (Wildman–Crippen LogP) is 4.17. The third-order valence-electron chi connectivity index (χ3n) is 5.07. The van der Waals surface area contributed by atoms with Gasteiger partial charge < -0.3 is 9.30 Å². The van der Waals surface area contributed by atoms with Gasteiger partial charge in [0.25, 0.3) is 5.91 Å². The van der Waals surface area contributed by atoms with Gasteiger partial charge in [-0.2, -0.15) is 5.10 Å². The van der Waals surface area contributed by atoms with Crippen LogP contribution in [0.3, 0.4) is 0 Å². The van der Waals surface area contributed by atoms with E-state index in [1.54, 1.807) is 37.9 Å². The molecule has 6 nitrogen and oxygen atoms in total. The summed E-state index contributed by atoms with van der Waals surface area (Å²) in [5.74, 6) is 0.492. The number of aromatic nitrogens is 2. The third kappa shape index (κ3) is 3.93. The number of carbonyl (C=O) groups is 1. The standard InChI is InChI=1S/C24H22N4O2/c1-17-22(15-26-27-24(29)19-10-12-25-13-11-19)21-14-20(30-2)8-9-23(21)28(17)16-18-6-4-3-5-7-18/h3-15H,16H2,1-2H3,(H,27,29)/b26-15-. The molecular formula is C24H22N4O2. The number of ether oxygens (including phenoxy) is 1. The van der Waals surface area contributed by atoms with Crippen LogP contribution in [-0.4, -0.2) is 28.8 Å². The highest BCUT2D eigenvalue weighted by atomic mass is 16.5. The van der Waals surface area contributed by atoms with Gasteiger partial charge in [0.05, 0.1) is 13.3 Å². The topological polar surface area (TPSA) is 68.5 Å². The van der Waals surface area contributed by atoms with Crippen LogP contribution in [-0.2, 0) is 6.54 Å². The molecule has 1 N–H and O–H groups in total. The Morgan fingerprint density at radius 2 is 1.90 bits per heavy atom. The van der Waals surface area contributed by atoms with Crippen molar-refractivity contribution >= 4 is 23.0 Å². The average Bonchev–Trinajstić information content (AvgIpc) is 3.05. The number of fused-ring (bicyclic) bond motifs is 1. The van der Waals surface area contributed by atoms with E-state index in [1.807, 2.05) is 30.3 Å². The number of nitrogens with zero attached hydrogens (tertiary/aromatic N) is 3. The lowest BCUT2D eigenvalue weighted by atomic mass is 10.1. The van der Waals surface area contributed by atoms with Crippen molar-refractivity contribution in [3.05, 3.63) is 95.4 Å². The van der Waals surface area contributed by atoms with Crippen LogP contribution in [0.5, 0.6) is 5.75 Å². The highest BCUT2D eigenvalue weighted by Gasteiger charge is 2.14. The fourth-order valence-electron chi connectivity index (χ4n) is 3.47. The van der Waals surface area contributed by atoms with Gasteiger partial charge in [0.15, 0.2) is 0 Å². The van der Waals surface area contributed by atoms with Crippen molar-refractivity contribution in [2.24, 2.45) is 5.10 Å². The monoisotopic (exact) mass is 398 g/mol. The van der Waals surface area contributed by atoms with Gasteiger partial charge in [-0.05, 0) is 42.8 Å². The average molecular weight is 398 g/mol. The number of rotatable bonds is 6. The second kappa shape index (κ2) is 8.61. The van der Waals surface area contributed by atoms with Crippen LogP contribution >= 0.6 is 0 Å². The summed E-state index contributed by atoms with van der Waals surface area (Å²) < 4.78 is 7.66. The van der Waals surface area contributed by atoms with E-state index in [2.05, 4.69) is 45.2 Å². The quantitative estimate of drug-likeness (QED) is 0.392. The molecule has 0 fully saturated rings. The van der Waals surface area contributed by atoms with Crippen molar-refractivity contribution in [1.82, 2.24) is 15.0 Å². The number of carbonyl (C=O) groups excluding carboxylic acids is 1. The van der Waals surface area contributed by atoms with Gasteiger partial charge in [0, 0.05) is 46.7 Å². The van der Waals surface area contributed by atoms with Gasteiger partial charge in [-0.3, -0.25) is 9.78 Å². The van der Waals surface area contributed by atoms with Gasteiger partial charge in [-0.15, -0.1) is 0 Å². The van der Waals surface area contributed by atoms with E-state index >= 15 is 0 Å². The van der Waals surface area contributed by atoms with Crippen LogP contribution in [0, 0.1) is 6.92 Å². The molecule has 30 heavy (non-hydrogen) atoms. The first-order chi connectivity index (χ1) is 14.7. The lowest BCUT2D eigenvalue weighted by Crippen LogP contribution is -2.17. The highest BCUT2D eigenvalue weighted by Crippen LogP contribution is 2.29. The third-order valence-corrected chi connectivity index (χ3v) is 5.07. The number of nitrogens with one attached hydrogen (secondary N) is 1. The minimum atomic E-state index is -0.281. The predicted molar refractivity (Wildman–Crippen MR) is 118 cm³/mol. The molecule has 0 radical (unpaired) electrons. The number of amides is 1. The lowest BCUT2D eigenvalue weighted by molar-refractivity contribution is 0.0955. The van der Waals surface area contributed by atoms with Crippen LogP contribution < -0.4 is 10.2 Å². The van der Waals surface area contributed by atoms with E-state index < -0.39 is 0 Å². The van der Waals surface area contributed by atoms with Gasteiger partial charge in [-0.1, -0.05) is 30.3 Å². The van der Waals surface area contributed by atoms with Crippen LogP contribution in [0.15, 0.2) is 78.2 Å². The Bertz CT molecular complexity index is 1200. The lowest BCUT2D eigenvalue weighted by Gasteiger charge is -2.09. The summed E-state index contributed by atoms with van der Waals surface area (Å²) in [5, 5.41) is 5.22. The molecule has 2 aromatic heterocycles. The summed E-state index contributed by atoms with van der Waals surface area (Å²) >= 11 is 0. The van der Waals surface area contributed by atoms with Crippen LogP contribution in [0.25, 0.3) is 10.9 Å². The fraction of sp³-hybridized carbons (Fsp3) is 0.125. The van der Waals surface area contributed by atoms with Gasteiger partial charge in [-0.25, -0.2) is 5.43 Å². The number of pyridine rings is 1. The number of methoxy groups -OCH3 is 1. The molecule has 4 aromatic rings. The van der Waals surface area contributed by atoms with Crippen molar-refractivity contribution in [3.63, 3.8) is 0 Å². The molecule has 0 atom stereocenters.